The Labute approximate surface area is 187 Å². The van der Waals surface area contributed by atoms with Gasteiger partial charge in [0.25, 0.3) is 0 Å². The van der Waals surface area contributed by atoms with Gasteiger partial charge in [0.2, 0.25) is 0 Å². The molecule has 1 unspecified atom stereocenters. The maximum absolute atomic E-state index is 10.8. The van der Waals surface area contributed by atoms with Crippen LogP contribution in [0.5, 0.6) is 11.5 Å². The van der Waals surface area contributed by atoms with E-state index in [1.165, 1.54) is 5.56 Å². The Kier molecular flexibility index (Phi) is 5.63. The SMILES string of the molecule is CC1(c2ccc(C3CC3)c(Cc3ccc4c(c3)OCCO4)c2)O[C@H](CO)[C@@H](O)[C@H](O)[C@H]1O. The summed E-state index contributed by atoms with van der Waals surface area (Å²) in [4.78, 5) is 0. The van der Waals surface area contributed by atoms with Crippen LogP contribution in [0.25, 0.3) is 0 Å². The Morgan fingerprint density at radius 1 is 0.938 bits per heavy atom. The van der Waals surface area contributed by atoms with E-state index in [4.69, 9.17) is 14.2 Å². The lowest BCUT2D eigenvalue weighted by atomic mass is 9.79. The lowest BCUT2D eigenvalue weighted by Gasteiger charge is -2.47. The Morgan fingerprint density at radius 2 is 1.69 bits per heavy atom. The van der Waals surface area contributed by atoms with Gasteiger partial charge in [0, 0.05) is 0 Å². The van der Waals surface area contributed by atoms with Gasteiger partial charge >= 0.3 is 0 Å². The van der Waals surface area contributed by atoms with Crippen molar-refractivity contribution in [3.63, 3.8) is 0 Å². The number of aliphatic hydroxyl groups is 4. The first-order valence-electron chi connectivity index (χ1n) is 11.3. The minimum Gasteiger partial charge on any atom is -0.486 e. The van der Waals surface area contributed by atoms with E-state index in [1.807, 2.05) is 30.3 Å². The zero-order valence-electron chi connectivity index (χ0n) is 18.1. The number of ether oxygens (including phenoxy) is 3. The standard InChI is InChI=1S/C25H30O7/c1-25(24(29)23(28)22(27)21(13-26)32-25)17-5-6-18(15-3-4-15)16(12-17)10-14-2-7-19-20(11-14)31-9-8-30-19/h2,5-7,11-12,15,21-24,26-29H,3-4,8-10,13H2,1H3/t21-,22-,23+,24-,25?/m1/s1. The van der Waals surface area contributed by atoms with E-state index < -0.39 is 36.6 Å². The molecule has 0 bridgehead atoms. The lowest BCUT2D eigenvalue weighted by Crippen LogP contribution is -2.62. The summed E-state index contributed by atoms with van der Waals surface area (Å²) < 4.78 is 17.3. The van der Waals surface area contributed by atoms with Crippen LogP contribution in [0.4, 0.5) is 0 Å². The molecule has 2 aliphatic heterocycles. The minimum absolute atomic E-state index is 0.454. The van der Waals surface area contributed by atoms with Crippen LogP contribution in [0, 0.1) is 0 Å². The molecular formula is C25H30O7. The average Bonchev–Trinajstić information content (AvgIpc) is 3.65. The van der Waals surface area contributed by atoms with E-state index in [0.29, 0.717) is 31.1 Å². The number of hydrogen-bond acceptors (Lipinski definition) is 7. The molecule has 5 atom stereocenters. The van der Waals surface area contributed by atoms with Crippen LogP contribution in [0.3, 0.4) is 0 Å². The number of rotatable bonds is 5. The van der Waals surface area contributed by atoms with Crippen molar-refractivity contribution < 1.29 is 34.6 Å². The predicted molar refractivity (Wildman–Crippen MR) is 116 cm³/mol. The highest BCUT2D eigenvalue weighted by molar-refractivity contribution is 5.47. The number of benzene rings is 2. The van der Waals surface area contributed by atoms with E-state index in [2.05, 4.69) is 6.07 Å². The molecule has 2 heterocycles. The van der Waals surface area contributed by atoms with Gasteiger partial charge in [-0.2, -0.15) is 0 Å². The van der Waals surface area contributed by atoms with Crippen molar-refractivity contribution in [3.05, 3.63) is 58.7 Å². The summed E-state index contributed by atoms with van der Waals surface area (Å²) in [5.74, 6) is 2.03. The normalized spacial score (nSPS) is 32.0. The molecule has 5 rings (SSSR count). The highest BCUT2D eigenvalue weighted by atomic mass is 16.6. The van der Waals surface area contributed by atoms with E-state index >= 15 is 0 Å². The van der Waals surface area contributed by atoms with Crippen molar-refractivity contribution in [1.29, 1.82) is 0 Å². The lowest BCUT2D eigenvalue weighted by molar-refractivity contribution is -0.273. The first kappa shape index (κ1) is 21.7. The van der Waals surface area contributed by atoms with Gasteiger partial charge in [0.15, 0.2) is 11.5 Å². The quantitative estimate of drug-likeness (QED) is 0.557. The molecule has 4 N–H and O–H groups in total. The minimum atomic E-state index is -1.42. The van der Waals surface area contributed by atoms with E-state index in [9.17, 15) is 20.4 Å². The monoisotopic (exact) mass is 442 g/mol. The summed E-state index contributed by atoms with van der Waals surface area (Å²) >= 11 is 0. The summed E-state index contributed by atoms with van der Waals surface area (Å²) in [5.41, 5.74) is 2.92. The molecule has 2 fully saturated rings. The van der Waals surface area contributed by atoms with Crippen molar-refractivity contribution in [2.24, 2.45) is 0 Å². The predicted octanol–water partition coefficient (Wildman–Crippen LogP) is 1.61. The fourth-order valence-corrected chi connectivity index (χ4v) is 4.85. The first-order chi connectivity index (χ1) is 15.4. The zero-order chi connectivity index (χ0) is 22.5. The summed E-state index contributed by atoms with van der Waals surface area (Å²) in [6, 6.07) is 12.0. The van der Waals surface area contributed by atoms with Gasteiger partial charge in [0.05, 0.1) is 6.61 Å². The first-order valence-corrected chi connectivity index (χ1v) is 11.3. The topological polar surface area (TPSA) is 109 Å². The van der Waals surface area contributed by atoms with Crippen molar-refractivity contribution >= 4 is 0 Å². The molecule has 0 radical (unpaired) electrons. The number of aliphatic hydroxyl groups excluding tert-OH is 4. The maximum atomic E-state index is 10.8. The second-order valence-electron chi connectivity index (χ2n) is 9.21. The molecule has 1 saturated carbocycles. The third-order valence-electron chi connectivity index (χ3n) is 6.93. The van der Waals surface area contributed by atoms with Gasteiger partial charge in [0.1, 0.15) is 43.2 Å². The summed E-state index contributed by atoms with van der Waals surface area (Å²) in [6.45, 7) is 2.32. The molecule has 172 valence electrons. The van der Waals surface area contributed by atoms with Gasteiger partial charge in [-0.05, 0) is 66.5 Å². The van der Waals surface area contributed by atoms with Gasteiger partial charge in [-0.15, -0.1) is 0 Å². The zero-order valence-corrected chi connectivity index (χ0v) is 18.1. The van der Waals surface area contributed by atoms with Crippen LogP contribution < -0.4 is 9.47 Å². The van der Waals surface area contributed by atoms with Gasteiger partial charge in [-0.1, -0.05) is 24.3 Å². The van der Waals surface area contributed by atoms with Crippen LogP contribution in [0.2, 0.25) is 0 Å². The van der Waals surface area contributed by atoms with Gasteiger partial charge in [-0.3, -0.25) is 0 Å². The van der Waals surface area contributed by atoms with Crippen molar-refractivity contribution in [1.82, 2.24) is 0 Å². The molecule has 32 heavy (non-hydrogen) atoms. The summed E-state index contributed by atoms with van der Waals surface area (Å²) in [7, 11) is 0. The van der Waals surface area contributed by atoms with Crippen LogP contribution in [-0.4, -0.2) is 64.7 Å². The van der Waals surface area contributed by atoms with E-state index in [1.54, 1.807) is 6.92 Å². The van der Waals surface area contributed by atoms with E-state index in [-0.39, 0.29) is 0 Å². The van der Waals surface area contributed by atoms with Crippen LogP contribution in [-0.2, 0) is 16.8 Å². The molecule has 0 spiro atoms. The highest BCUT2D eigenvalue weighted by Crippen LogP contribution is 2.45. The van der Waals surface area contributed by atoms with Crippen LogP contribution in [0.1, 0.15) is 47.9 Å². The van der Waals surface area contributed by atoms with Crippen molar-refractivity contribution in [3.8, 4) is 11.5 Å². The molecule has 7 heteroatoms. The second-order valence-corrected chi connectivity index (χ2v) is 9.21. The average molecular weight is 443 g/mol. The summed E-state index contributed by atoms with van der Waals surface area (Å²) in [5, 5.41) is 40.9. The number of fused-ring (bicyclic) bond motifs is 1. The highest BCUT2D eigenvalue weighted by Gasteiger charge is 2.51. The molecular weight excluding hydrogens is 412 g/mol. The van der Waals surface area contributed by atoms with Crippen LogP contribution >= 0.6 is 0 Å². The number of hydrogen-bond donors (Lipinski definition) is 4. The molecule has 0 aromatic heterocycles. The third kappa shape index (κ3) is 3.78. The molecule has 1 aliphatic carbocycles. The van der Waals surface area contributed by atoms with Crippen molar-refractivity contribution in [2.45, 2.75) is 62.1 Å². The largest absolute Gasteiger partial charge is 0.486 e. The fraction of sp³-hybridized carbons (Fsp3) is 0.520. The maximum Gasteiger partial charge on any atom is 0.161 e. The van der Waals surface area contributed by atoms with Crippen molar-refractivity contribution in [2.75, 3.05) is 19.8 Å². The molecule has 3 aliphatic rings. The van der Waals surface area contributed by atoms with E-state index in [0.717, 1.165) is 35.5 Å². The Morgan fingerprint density at radius 3 is 2.41 bits per heavy atom. The Bertz CT molecular complexity index is 986. The van der Waals surface area contributed by atoms with Gasteiger partial charge in [-0.25, -0.2) is 0 Å². The Hall–Kier alpha value is -2.16. The fourth-order valence-electron chi connectivity index (χ4n) is 4.85. The summed E-state index contributed by atoms with van der Waals surface area (Å²) in [6.07, 6.45) is -2.11. The molecule has 2 aromatic rings. The van der Waals surface area contributed by atoms with Crippen LogP contribution in [0.15, 0.2) is 36.4 Å². The van der Waals surface area contributed by atoms with Gasteiger partial charge < -0.3 is 34.6 Å². The smallest absolute Gasteiger partial charge is 0.161 e. The molecule has 1 saturated heterocycles. The Balaban J connectivity index is 1.50. The third-order valence-corrected chi connectivity index (χ3v) is 6.93. The molecule has 0 amide bonds. The molecule has 7 nitrogen and oxygen atoms in total. The second kappa shape index (κ2) is 8.32. The molecule has 2 aromatic carbocycles.